The van der Waals surface area contributed by atoms with Gasteiger partial charge in [-0.1, -0.05) is 28.1 Å². The molecule has 1 unspecified atom stereocenters. The molecule has 1 fully saturated rings. The van der Waals surface area contributed by atoms with Crippen molar-refractivity contribution in [3.8, 4) is 0 Å². The van der Waals surface area contributed by atoms with E-state index in [1.54, 1.807) is 0 Å². The summed E-state index contributed by atoms with van der Waals surface area (Å²) in [6, 6.07) is 5.08. The van der Waals surface area contributed by atoms with Crippen LogP contribution in [0.1, 0.15) is 30.4 Å². The second-order valence-electron chi connectivity index (χ2n) is 5.14. The van der Waals surface area contributed by atoms with Crippen LogP contribution in [0.5, 0.6) is 0 Å². The second-order valence-corrected chi connectivity index (χ2v) is 5.99. The monoisotopic (exact) mass is 339 g/mol. The third-order valence-electron chi connectivity index (χ3n) is 3.83. The van der Waals surface area contributed by atoms with Crippen molar-refractivity contribution in [3.05, 3.63) is 33.8 Å². The number of carboxylic acid groups (broad SMARTS) is 1. The Morgan fingerprint density at radius 3 is 2.85 bits per heavy atom. The van der Waals surface area contributed by atoms with Gasteiger partial charge in [-0.05, 0) is 43.4 Å². The predicted octanol–water partition coefficient (Wildman–Crippen LogP) is 2.77. The van der Waals surface area contributed by atoms with Crippen LogP contribution in [-0.4, -0.2) is 34.5 Å². The van der Waals surface area contributed by atoms with Gasteiger partial charge in [0.15, 0.2) is 0 Å². The molecule has 1 saturated heterocycles. The van der Waals surface area contributed by atoms with E-state index in [0.29, 0.717) is 13.0 Å². The fourth-order valence-electron chi connectivity index (χ4n) is 2.59. The molecule has 0 bridgehead atoms. The van der Waals surface area contributed by atoms with Gasteiger partial charge in [-0.2, -0.15) is 0 Å². The molecule has 2 rings (SSSR count). The number of likely N-dealkylation sites (tertiary alicyclic amines) is 1. The van der Waals surface area contributed by atoms with Gasteiger partial charge < -0.3 is 10.0 Å². The van der Waals surface area contributed by atoms with E-state index < -0.39 is 12.0 Å². The molecule has 0 aromatic heterocycles. The van der Waals surface area contributed by atoms with E-state index in [-0.39, 0.29) is 12.3 Å². The number of piperidine rings is 1. The first-order chi connectivity index (χ1) is 9.50. The molecule has 4 nitrogen and oxygen atoms in total. The number of carboxylic acids is 1. The minimum Gasteiger partial charge on any atom is -0.480 e. The maximum atomic E-state index is 12.4. The second kappa shape index (κ2) is 6.39. The molecule has 1 heterocycles. The van der Waals surface area contributed by atoms with Crippen molar-refractivity contribution in [3.63, 3.8) is 0 Å². The highest BCUT2D eigenvalue weighted by atomic mass is 79.9. The summed E-state index contributed by atoms with van der Waals surface area (Å²) in [5.74, 6) is -0.998. The highest BCUT2D eigenvalue weighted by molar-refractivity contribution is 9.10. The Hall–Kier alpha value is -1.36. The molecule has 0 spiro atoms. The summed E-state index contributed by atoms with van der Waals surface area (Å²) in [4.78, 5) is 25.2. The summed E-state index contributed by atoms with van der Waals surface area (Å²) in [5.41, 5.74) is 1.98. The lowest BCUT2D eigenvalue weighted by molar-refractivity contribution is -0.151. The van der Waals surface area contributed by atoms with Crippen molar-refractivity contribution < 1.29 is 14.7 Å². The third kappa shape index (κ3) is 3.20. The molecule has 5 heteroatoms. The van der Waals surface area contributed by atoms with Crippen molar-refractivity contribution in [1.82, 2.24) is 4.90 Å². The van der Waals surface area contributed by atoms with Gasteiger partial charge in [-0.25, -0.2) is 4.79 Å². The van der Waals surface area contributed by atoms with Gasteiger partial charge in [-0.3, -0.25) is 4.79 Å². The van der Waals surface area contributed by atoms with Crippen LogP contribution in [0, 0.1) is 6.92 Å². The number of amides is 1. The van der Waals surface area contributed by atoms with Gasteiger partial charge in [0, 0.05) is 11.0 Å². The fourth-order valence-corrected chi connectivity index (χ4v) is 3.00. The smallest absolute Gasteiger partial charge is 0.326 e. The number of benzene rings is 1. The standard InChI is InChI=1S/C15H18BrNO3/c1-10-11(5-4-6-12(10)16)9-14(18)17-8-3-2-7-13(17)15(19)20/h4-6,13H,2-3,7-9H2,1H3,(H,19,20). The quantitative estimate of drug-likeness (QED) is 0.921. The molecule has 1 aromatic carbocycles. The summed E-state index contributed by atoms with van der Waals surface area (Å²) >= 11 is 3.45. The lowest BCUT2D eigenvalue weighted by Gasteiger charge is -2.33. The average Bonchev–Trinajstić information content (AvgIpc) is 2.43. The zero-order valence-electron chi connectivity index (χ0n) is 11.4. The lowest BCUT2D eigenvalue weighted by atomic mass is 9.99. The molecule has 20 heavy (non-hydrogen) atoms. The summed E-state index contributed by atoms with van der Waals surface area (Å²) < 4.78 is 0.969. The minimum absolute atomic E-state index is 0.0988. The van der Waals surface area contributed by atoms with Crippen LogP contribution in [0.3, 0.4) is 0 Å². The number of carbonyl (C=O) groups excluding carboxylic acids is 1. The topological polar surface area (TPSA) is 57.6 Å². The number of hydrogen-bond donors (Lipinski definition) is 1. The zero-order chi connectivity index (χ0) is 14.7. The maximum Gasteiger partial charge on any atom is 0.326 e. The minimum atomic E-state index is -0.899. The molecule has 1 aromatic rings. The van der Waals surface area contributed by atoms with E-state index in [1.165, 1.54) is 4.90 Å². The Morgan fingerprint density at radius 1 is 1.40 bits per heavy atom. The number of rotatable bonds is 3. The van der Waals surface area contributed by atoms with Gasteiger partial charge in [0.05, 0.1) is 6.42 Å². The number of halogens is 1. The molecule has 1 aliphatic rings. The Labute approximate surface area is 126 Å². The Morgan fingerprint density at radius 2 is 2.15 bits per heavy atom. The molecule has 0 radical (unpaired) electrons. The lowest BCUT2D eigenvalue weighted by Crippen LogP contribution is -2.48. The Balaban J connectivity index is 2.14. The first-order valence-corrected chi connectivity index (χ1v) is 7.56. The normalized spacial score (nSPS) is 18.9. The van der Waals surface area contributed by atoms with Crippen LogP contribution in [0.2, 0.25) is 0 Å². The van der Waals surface area contributed by atoms with Crippen molar-refractivity contribution in [2.75, 3.05) is 6.54 Å². The number of nitrogens with zero attached hydrogens (tertiary/aromatic N) is 1. The highest BCUT2D eigenvalue weighted by Gasteiger charge is 2.31. The SMILES string of the molecule is Cc1c(Br)cccc1CC(=O)N1CCCCC1C(=O)O. The number of carbonyl (C=O) groups is 2. The predicted molar refractivity (Wildman–Crippen MR) is 79.6 cm³/mol. The van der Waals surface area contributed by atoms with Crippen molar-refractivity contribution in [2.24, 2.45) is 0 Å². The maximum absolute atomic E-state index is 12.4. The van der Waals surface area contributed by atoms with Crippen LogP contribution in [0.25, 0.3) is 0 Å². The number of hydrogen-bond acceptors (Lipinski definition) is 2. The van der Waals surface area contributed by atoms with Crippen molar-refractivity contribution in [2.45, 2.75) is 38.6 Å². The van der Waals surface area contributed by atoms with Gasteiger partial charge >= 0.3 is 5.97 Å². The molecule has 1 amide bonds. The fraction of sp³-hybridized carbons (Fsp3) is 0.467. The van der Waals surface area contributed by atoms with E-state index in [2.05, 4.69) is 15.9 Å². The van der Waals surface area contributed by atoms with E-state index in [4.69, 9.17) is 0 Å². The Bertz CT molecular complexity index is 530. The molecule has 1 aliphatic heterocycles. The van der Waals surface area contributed by atoms with E-state index in [9.17, 15) is 14.7 Å². The van der Waals surface area contributed by atoms with E-state index in [0.717, 1.165) is 28.4 Å². The van der Waals surface area contributed by atoms with E-state index >= 15 is 0 Å². The molecule has 0 saturated carbocycles. The largest absolute Gasteiger partial charge is 0.480 e. The van der Waals surface area contributed by atoms with Gasteiger partial charge in [-0.15, -0.1) is 0 Å². The van der Waals surface area contributed by atoms with Gasteiger partial charge in [0.25, 0.3) is 0 Å². The van der Waals surface area contributed by atoms with Crippen LogP contribution in [0.4, 0.5) is 0 Å². The van der Waals surface area contributed by atoms with Gasteiger partial charge in [0.1, 0.15) is 6.04 Å². The summed E-state index contributed by atoms with van der Waals surface area (Å²) in [6.45, 7) is 2.50. The third-order valence-corrected chi connectivity index (χ3v) is 4.69. The highest BCUT2D eigenvalue weighted by Crippen LogP contribution is 2.22. The average molecular weight is 340 g/mol. The zero-order valence-corrected chi connectivity index (χ0v) is 13.0. The summed E-state index contributed by atoms with van der Waals surface area (Å²) in [7, 11) is 0. The molecular formula is C15H18BrNO3. The van der Waals surface area contributed by atoms with Gasteiger partial charge in [0.2, 0.25) is 5.91 Å². The molecule has 0 aliphatic carbocycles. The van der Waals surface area contributed by atoms with Crippen LogP contribution in [-0.2, 0) is 16.0 Å². The summed E-state index contributed by atoms with van der Waals surface area (Å²) in [5, 5.41) is 9.22. The van der Waals surface area contributed by atoms with E-state index in [1.807, 2.05) is 25.1 Å². The van der Waals surface area contributed by atoms with Crippen LogP contribution < -0.4 is 0 Å². The molecular weight excluding hydrogens is 322 g/mol. The van der Waals surface area contributed by atoms with Crippen LogP contribution >= 0.6 is 15.9 Å². The number of aliphatic carboxylic acids is 1. The van der Waals surface area contributed by atoms with Crippen molar-refractivity contribution >= 4 is 27.8 Å². The first-order valence-electron chi connectivity index (χ1n) is 6.77. The Kier molecular flexibility index (Phi) is 4.81. The molecule has 108 valence electrons. The van der Waals surface area contributed by atoms with Crippen LogP contribution in [0.15, 0.2) is 22.7 Å². The van der Waals surface area contributed by atoms with Crippen molar-refractivity contribution in [1.29, 1.82) is 0 Å². The summed E-state index contributed by atoms with van der Waals surface area (Å²) in [6.07, 6.45) is 2.57. The first kappa shape index (κ1) is 15.0. The molecule has 1 atom stereocenters. The molecule has 1 N–H and O–H groups in total.